The summed E-state index contributed by atoms with van der Waals surface area (Å²) in [6.07, 6.45) is 10.8. The Kier molecular flexibility index (Phi) is 12.9. The van der Waals surface area contributed by atoms with E-state index < -0.39 is 12.1 Å². The van der Waals surface area contributed by atoms with Crippen LogP contribution in [-0.2, 0) is 32.8 Å². The number of nitrogens with zero attached hydrogens (tertiary/aromatic N) is 1. The summed E-state index contributed by atoms with van der Waals surface area (Å²) < 4.78 is 0. The van der Waals surface area contributed by atoms with E-state index in [4.69, 9.17) is 11.5 Å². The maximum absolute atomic E-state index is 14.3. The van der Waals surface area contributed by atoms with Crippen LogP contribution >= 0.6 is 0 Å². The first-order valence-electron chi connectivity index (χ1n) is 18.9. The molecule has 2 aromatic carbocycles. The second-order valence-electron chi connectivity index (χ2n) is 16.4. The van der Waals surface area contributed by atoms with Gasteiger partial charge in [-0.2, -0.15) is 0 Å². The SMILES string of the molecule is CC(C)(C)c1ccc(CNC(=O)CN(C[C@H](Cc2ccccc2)NC(=O)[C@@H](N)CCCCN)C(=O)C[C@H]2CC3CC4CCC2C(C4)C3)cc1. The van der Waals surface area contributed by atoms with E-state index in [-0.39, 0.29) is 36.2 Å². The van der Waals surface area contributed by atoms with Crippen molar-refractivity contribution in [3.8, 4) is 0 Å². The van der Waals surface area contributed by atoms with E-state index in [2.05, 4.69) is 55.7 Å². The van der Waals surface area contributed by atoms with Crippen molar-refractivity contribution in [3.05, 3.63) is 71.3 Å². The average molecular weight is 672 g/mol. The van der Waals surface area contributed by atoms with Crippen molar-refractivity contribution in [1.29, 1.82) is 0 Å². The van der Waals surface area contributed by atoms with Crippen molar-refractivity contribution in [2.75, 3.05) is 19.6 Å². The average Bonchev–Trinajstić information content (AvgIpc) is 3.06. The molecule has 49 heavy (non-hydrogen) atoms. The smallest absolute Gasteiger partial charge is 0.239 e. The molecule has 3 fully saturated rings. The van der Waals surface area contributed by atoms with Crippen molar-refractivity contribution in [3.63, 3.8) is 0 Å². The molecule has 2 aromatic rings. The van der Waals surface area contributed by atoms with Crippen LogP contribution < -0.4 is 22.1 Å². The van der Waals surface area contributed by atoms with Crippen LogP contribution in [0.15, 0.2) is 54.6 Å². The summed E-state index contributed by atoms with van der Waals surface area (Å²) in [6, 6.07) is 17.3. The van der Waals surface area contributed by atoms with Crippen LogP contribution in [0.1, 0.15) is 102 Å². The molecule has 8 heteroatoms. The van der Waals surface area contributed by atoms with Crippen LogP contribution in [0.2, 0.25) is 0 Å². The monoisotopic (exact) mass is 671 g/mol. The summed E-state index contributed by atoms with van der Waals surface area (Å²) >= 11 is 0. The van der Waals surface area contributed by atoms with Gasteiger partial charge in [0.15, 0.2) is 0 Å². The fraction of sp³-hybridized carbons (Fsp3) is 0.634. The lowest BCUT2D eigenvalue weighted by Crippen LogP contribution is -2.53. The van der Waals surface area contributed by atoms with Crippen molar-refractivity contribution >= 4 is 17.7 Å². The first kappa shape index (κ1) is 37.0. The molecule has 0 saturated heterocycles. The lowest BCUT2D eigenvalue weighted by Gasteiger charge is -2.52. The highest BCUT2D eigenvalue weighted by Gasteiger charge is 2.46. The predicted molar refractivity (Wildman–Crippen MR) is 196 cm³/mol. The molecule has 0 radical (unpaired) electrons. The number of nitrogens with two attached hydrogens (primary N) is 2. The normalized spacial score (nSPS) is 24.1. The van der Waals surface area contributed by atoms with E-state index in [0.717, 1.165) is 48.1 Å². The van der Waals surface area contributed by atoms with Crippen molar-refractivity contribution < 1.29 is 14.4 Å². The van der Waals surface area contributed by atoms with Crippen LogP contribution in [0, 0.1) is 29.6 Å². The van der Waals surface area contributed by atoms with Gasteiger partial charge >= 0.3 is 0 Å². The van der Waals surface area contributed by atoms with Gasteiger partial charge < -0.3 is 27.0 Å². The predicted octanol–water partition coefficient (Wildman–Crippen LogP) is 5.47. The quantitative estimate of drug-likeness (QED) is 0.176. The highest BCUT2D eigenvalue weighted by atomic mass is 16.2. The van der Waals surface area contributed by atoms with E-state index in [9.17, 15) is 14.4 Å². The van der Waals surface area contributed by atoms with Crippen molar-refractivity contribution in [2.24, 2.45) is 41.1 Å². The zero-order valence-electron chi connectivity index (χ0n) is 30.2. The van der Waals surface area contributed by atoms with Gasteiger partial charge in [-0.25, -0.2) is 0 Å². The second-order valence-corrected chi connectivity index (χ2v) is 16.4. The Labute approximate surface area is 294 Å². The molecule has 3 aliphatic carbocycles. The standard InChI is InChI=1S/C41H61N5O3/c1-41(2,3)34-15-12-29(13-16-34)25-44-38(47)27-46(39(48)24-33-22-31-19-30-14-17-36(33)32(20-30)21-31)26-35(23-28-9-5-4-6-10-28)45-40(49)37(43)11-7-8-18-42/h4-6,9-10,12-13,15-16,30-33,35-37H,7-8,11,14,17-27,42-43H2,1-3H3,(H,44,47)(H,45,49)/t30?,31?,32?,33-,35+,36?,37+/m1/s1. The highest BCUT2D eigenvalue weighted by molar-refractivity contribution is 5.85. The van der Waals surface area contributed by atoms with E-state index in [0.29, 0.717) is 44.2 Å². The summed E-state index contributed by atoms with van der Waals surface area (Å²) in [5, 5.41) is 6.23. The van der Waals surface area contributed by atoms with Crippen LogP contribution in [0.3, 0.4) is 0 Å². The first-order valence-corrected chi connectivity index (χ1v) is 18.9. The number of fused-ring (bicyclic) bond motifs is 2. The number of amides is 3. The Bertz CT molecular complexity index is 1370. The number of unbranched alkanes of at least 4 members (excludes halogenated alkanes) is 1. The third-order valence-electron chi connectivity index (χ3n) is 11.5. The molecule has 268 valence electrons. The molecule has 4 unspecified atom stereocenters. The van der Waals surface area contributed by atoms with E-state index in [1.165, 1.54) is 37.7 Å². The van der Waals surface area contributed by atoms with E-state index in [1.54, 1.807) is 4.90 Å². The molecule has 5 rings (SSSR count). The Morgan fingerprint density at radius 3 is 2.35 bits per heavy atom. The summed E-state index contributed by atoms with van der Waals surface area (Å²) in [6.45, 7) is 7.71. The number of rotatable bonds is 16. The van der Waals surface area contributed by atoms with Crippen LogP contribution in [0.25, 0.3) is 0 Å². The molecule has 6 N–H and O–H groups in total. The highest BCUT2D eigenvalue weighted by Crippen LogP contribution is 2.55. The van der Waals surface area contributed by atoms with Gasteiger partial charge in [0.25, 0.3) is 0 Å². The Hall–Kier alpha value is -3.23. The number of carbonyl (C=O) groups excluding carboxylic acids is 3. The number of hydrogen-bond donors (Lipinski definition) is 4. The zero-order valence-corrected chi connectivity index (χ0v) is 30.2. The lowest BCUT2D eigenvalue weighted by atomic mass is 9.54. The van der Waals surface area contributed by atoms with Crippen LogP contribution in [-0.4, -0.2) is 54.3 Å². The van der Waals surface area contributed by atoms with Gasteiger partial charge in [-0.3, -0.25) is 14.4 Å². The molecule has 0 heterocycles. The summed E-state index contributed by atoms with van der Waals surface area (Å²) in [7, 11) is 0. The fourth-order valence-corrected chi connectivity index (χ4v) is 8.95. The van der Waals surface area contributed by atoms with Gasteiger partial charge in [-0.1, -0.05) is 88.2 Å². The fourth-order valence-electron chi connectivity index (χ4n) is 8.95. The van der Waals surface area contributed by atoms with Crippen LogP contribution in [0.4, 0.5) is 0 Å². The molecule has 0 spiro atoms. The number of hydrogen-bond acceptors (Lipinski definition) is 5. The van der Waals surface area contributed by atoms with Gasteiger partial charge in [-0.05, 0) is 110 Å². The summed E-state index contributed by atoms with van der Waals surface area (Å²) in [4.78, 5) is 42.9. The minimum Gasteiger partial charge on any atom is -0.350 e. The minimum absolute atomic E-state index is 0.0105. The number of carbonyl (C=O) groups is 3. The molecule has 7 atom stereocenters. The zero-order chi connectivity index (χ0) is 35.0. The Morgan fingerprint density at radius 1 is 0.898 bits per heavy atom. The van der Waals surface area contributed by atoms with Gasteiger partial charge in [0.1, 0.15) is 0 Å². The molecule has 0 aliphatic heterocycles. The van der Waals surface area contributed by atoms with Crippen molar-refractivity contribution in [2.45, 2.75) is 115 Å². The first-order chi connectivity index (χ1) is 23.5. The molecule has 8 nitrogen and oxygen atoms in total. The maximum Gasteiger partial charge on any atom is 0.239 e. The molecule has 0 aromatic heterocycles. The molecule has 3 amide bonds. The second kappa shape index (κ2) is 17.1. The molecule has 3 saturated carbocycles. The minimum atomic E-state index is -0.654. The third-order valence-corrected chi connectivity index (χ3v) is 11.5. The van der Waals surface area contributed by atoms with Crippen LogP contribution in [0.5, 0.6) is 0 Å². The molecule has 3 aliphatic rings. The van der Waals surface area contributed by atoms with Gasteiger partial charge in [0.2, 0.25) is 17.7 Å². The maximum atomic E-state index is 14.3. The van der Waals surface area contributed by atoms with Crippen molar-refractivity contribution in [1.82, 2.24) is 15.5 Å². The molecular weight excluding hydrogens is 610 g/mol. The van der Waals surface area contributed by atoms with Gasteiger partial charge in [0, 0.05) is 19.5 Å². The largest absolute Gasteiger partial charge is 0.350 e. The topological polar surface area (TPSA) is 131 Å². The number of benzene rings is 2. The molecule has 3 bridgehead atoms. The van der Waals surface area contributed by atoms with Gasteiger partial charge in [-0.15, -0.1) is 0 Å². The van der Waals surface area contributed by atoms with Gasteiger partial charge in [0.05, 0.1) is 18.6 Å². The van der Waals surface area contributed by atoms with E-state index in [1.807, 2.05) is 30.3 Å². The lowest BCUT2D eigenvalue weighted by molar-refractivity contribution is -0.139. The third kappa shape index (κ3) is 10.6. The Morgan fingerprint density at radius 2 is 1.63 bits per heavy atom. The Balaban J connectivity index is 1.30. The van der Waals surface area contributed by atoms with E-state index >= 15 is 0 Å². The molecular formula is C41H61N5O3. The summed E-state index contributed by atoms with van der Waals surface area (Å²) in [5.41, 5.74) is 15.3. The summed E-state index contributed by atoms with van der Waals surface area (Å²) in [5.74, 6) is 2.91. The number of nitrogens with one attached hydrogen (secondary N) is 2.